The van der Waals surface area contributed by atoms with E-state index in [0.717, 1.165) is 18.5 Å². The maximum absolute atomic E-state index is 12.7. The average molecular weight is 402 g/mol. The summed E-state index contributed by atoms with van der Waals surface area (Å²) in [6.45, 7) is 12.0. The summed E-state index contributed by atoms with van der Waals surface area (Å²) in [7, 11) is 0. The van der Waals surface area contributed by atoms with Crippen LogP contribution in [0.5, 0.6) is 0 Å². The third-order valence-electron chi connectivity index (χ3n) is 3.96. The van der Waals surface area contributed by atoms with Gasteiger partial charge in [-0.15, -0.1) is 0 Å². The number of hydrogen-bond donors (Lipinski definition) is 2. The lowest BCUT2D eigenvalue weighted by Crippen LogP contribution is -2.49. The van der Waals surface area contributed by atoms with E-state index in [4.69, 9.17) is 4.74 Å². The van der Waals surface area contributed by atoms with Crippen molar-refractivity contribution in [3.05, 3.63) is 53.4 Å². The minimum Gasteiger partial charge on any atom is -0.444 e. The first-order chi connectivity index (χ1) is 13.6. The smallest absolute Gasteiger partial charge is 0.408 e. The maximum atomic E-state index is 12.7. The molecule has 0 aliphatic carbocycles. The molecule has 0 radical (unpaired) electrons. The fourth-order valence-corrected chi connectivity index (χ4v) is 2.53. The molecule has 0 aliphatic heterocycles. The summed E-state index contributed by atoms with van der Waals surface area (Å²) in [6, 6.07) is 4.72. The Hall–Kier alpha value is -2.63. The molecular formula is C23H35N3O3. The van der Waals surface area contributed by atoms with Crippen LogP contribution in [-0.4, -0.2) is 35.2 Å². The lowest BCUT2D eigenvalue weighted by molar-refractivity contribution is -0.123. The van der Waals surface area contributed by atoms with E-state index in [1.54, 1.807) is 27.0 Å². The molecule has 160 valence electrons. The van der Waals surface area contributed by atoms with E-state index < -0.39 is 17.7 Å². The van der Waals surface area contributed by atoms with Crippen LogP contribution in [0.3, 0.4) is 0 Å². The van der Waals surface area contributed by atoms with Crippen LogP contribution in [0, 0.1) is 0 Å². The first-order valence-corrected chi connectivity index (χ1v) is 10.0. The number of rotatable bonds is 9. The fourth-order valence-electron chi connectivity index (χ4n) is 2.53. The Morgan fingerprint density at radius 3 is 2.48 bits per heavy atom. The molecule has 6 nitrogen and oxygen atoms in total. The summed E-state index contributed by atoms with van der Waals surface area (Å²) >= 11 is 0. The summed E-state index contributed by atoms with van der Waals surface area (Å²) in [5.74, 6) is -0.269. The van der Waals surface area contributed by atoms with Gasteiger partial charge < -0.3 is 15.4 Å². The number of alkyl carbamates (subject to hydrolysis) is 1. The van der Waals surface area contributed by atoms with Crippen molar-refractivity contribution in [3.8, 4) is 0 Å². The topological polar surface area (TPSA) is 80.3 Å². The van der Waals surface area contributed by atoms with Crippen molar-refractivity contribution in [2.24, 2.45) is 0 Å². The van der Waals surface area contributed by atoms with Gasteiger partial charge in [0.1, 0.15) is 11.6 Å². The Kier molecular flexibility index (Phi) is 10.1. The molecule has 6 heteroatoms. The summed E-state index contributed by atoms with van der Waals surface area (Å²) < 4.78 is 5.29. The van der Waals surface area contributed by atoms with E-state index in [1.165, 1.54) is 11.1 Å². The van der Waals surface area contributed by atoms with E-state index in [1.807, 2.05) is 24.3 Å². The number of carbonyl (C=O) groups excluding carboxylic acids is 2. The van der Waals surface area contributed by atoms with E-state index in [-0.39, 0.29) is 12.3 Å². The van der Waals surface area contributed by atoms with Gasteiger partial charge in [-0.3, -0.25) is 9.78 Å². The SMILES string of the molecule is CC(C)=CCC/C(C)=C/CNC(=O)[C@H](Cc1ccccn1)NC(=O)OC(C)(C)C. The molecule has 1 aromatic heterocycles. The quantitative estimate of drug-likeness (QED) is 0.604. The van der Waals surface area contributed by atoms with Crippen molar-refractivity contribution in [1.29, 1.82) is 0 Å². The van der Waals surface area contributed by atoms with Crippen molar-refractivity contribution in [2.45, 2.75) is 72.4 Å². The molecule has 1 aromatic rings. The van der Waals surface area contributed by atoms with Crippen molar-refractivity contribution in [2.75, 3.05) is 6.54 Å². The second-order valence-corrected chi connectivity index (χ2v) is 8.34. The number of carbonyl (C=O) groups is 2. The van der Waals surface area contributed by atoms with Crippen LogP contribution in [0.2, 0.25) is 0 Å². The number of nitrogens with one attached hydrogen (secondary N) is 2. The second-order valence-electron chi connectivity index (χ2n) is 8.34. The number of nitrogens with zero attached hydrogens (tertiary/aromatic N) is 1. The van der Waals surface area contributed by atoms with Crippen LogP contribution in [0.15, 0.2) is 47.7 Å². The van der Waals surface area contributed by atoms with E-state index >= 15 is 0 Å². The van der Waals surface area contributed by atoms with Crippen molar-refractivity contribution >= 4 is 12.0 Å². The van der Waals surface area contributed by atoms with Gasteiger partial charge in [-0.25, -0.2) is 4.79 Å². The Balaban J connectivity index is 2.69. The van der Waals surface area contributed by atoms with Gasteiger partial charge in [0.2, 0.25) is 5.91 Å². The lowest BCUT2D eigenvalue weighted by atomic mass is 10.1. The highest BCUT2D eigenvalue weighted by Crippen LogP contribution is 2.08. The van der Waals surface area contributed by atoms with E-state index in [0.29, 0.717) is 6.54 Å². The predicted molar refractivity (Wildman–Crippen MR) is 117 cm³/mol. The molecule has 0 saturated carbocycles. The molecule has 2 amide bonds. The van der Waals surface area contributed by atoms with Gasteiger partial charge in [0.05, 0.1) is 0 Å². The zero-order chi connectivity index (χ0) is 21.9. The van der Waals surface area contributed by atoms with Crippen LogP contribution in [0.4, 0.5) is 4.79 Å². The Morgan fingerprint density at radius 1 is 1.17 bits per heavy atom. The minimum atomic E-state index is -0.765. The van der Waals surface area contributed by atoms with Crippen molar-refractivity contribution in [1.82, 2.24) is 15.6 Å². The van der Waals surface area contributed by atoms with Gasteiger partial charge in [-0.2, -0.15) is 0 Å². The Labute approximate surface area is 174 Å². The highest BCUT2D eigenvalue weighted by atomic mass is 16.6. The maximum Gasteiger partial charge on any atom is 0.408 e. The highest BCUT2D eigenvalue weighted by molar-refractivity contribution is 5.86. The molecule has 0 saturated heterocycles. The summed E-state index contributed by atoms with van der Waals surface area (Å²) in [6.07, 6.45) is 7.47. The van der Waals surface area contributed by atoms with Gasteiger partial charge in [-0.1, -0.05) is 29.4 Å². The first kappa shape index (κ1) is 24.4. The first-order valence-electron chi connectivity index (χ1n) is 10.0. The molecule has 1 atom stereocenters. The molecule has 0 bridgehead atoms. The third kappa shape index (κ3) is 11.7. The monoisotopic (exact) mass is 401 g/mol. The molecule has 0 fully saturated rings. The number of aromatic nitrogens is 1. The van der Waals surface area contributed by atoms with E-state index in [2.05, 4.69) is 42.5 Å². The molecule has 0 aliphatic rings. The Bertz CT molecular complexity index is 715. The largest absolute Gasteiger partial charge is 0.444 e. The standard InChI is InChI=1S/C23H35N3O3/c1-17(2)10-9-11-18(3)13-15-25-21(27)20(16-19-12-7-8-14-24-19)26-22(28)29-23(4,5)6/h7-8,10,12-14,20H,9,11,15-16H2,1-6H3,(H,25,27)(H,26,28)/b18-13+/t20-/m0/s1. The molecule has 0 aromatic carbocycles. The molecule has 2 N–H and O–H groups in total. The fraction of sp³-hybridized carbons (Fsp3) is 0.522. The minimum absolute atomic E-state index is 0.269. The van der Waals surface area contributed by atoms with Gasteiger partial charge in [0.15, 0.2) is 0 Å². The summed E-state index contributed by atoms with van der Waals surface area (Å²) in [4.78, 5) is 29.1. The van der Waals surface area contributed by atoms with Crippen LogP contribution < -0.4 is 10.6 Å². The van der Waals surface area contributed by atoms with Crippen molar-refractivity contribution < 1.29 is 14.3 Å². The van der Waals surface area contributed by atoms with Crippen molar-refractivity contribution in [3.63, 3.8) is 0 Å². The summed E-state index contributed by atoms with van der Waals surface area (Å²) in [5, 5.41) is 5.54. The normalized spacial score (nSPS) is 12.7. The van der Waals surface area contributed by atoms with Gasteiger partial charge in [0, 0.05) is 24.9 Å². The molecule has 0 spiro atoms. The lowest BCUT2D eigenvalue weighted by Gasteiger charge is -2.23. The number of allylic oxidation sites excluding steroid dienone is 3. The highest BCUT2D eigenvalue weighted by Gasteiger charge is 2.24. The van der Waals surface area contributed by atoms with Crippen LogP contribution in [0.1, 0.15) is 60.1 Å². The number of pyridine rings is 1. The Morgan fingerprint density at radius 2 is 1.90 bits per heavy atom. The predicted octanol–water partition coefficient (Wildman–Crippen LogP) is 4.33. The number of amides is 2. The molecule has 29 heavy (non-hydrogen) atoms. The van der Waals surface area contributed by atoms with Crippen LogP contribution >= 0.6 is 0 Å². The average Bonchev–Trinajstić information content (AvgIpc) is 2.60. The van der Waals surface area contributed by atoms with E-state index in [9.17, 15) is 9.59 Å². The van der Waals surface area contributed by atoms with Gasteiger partial charge in [0.25, 0.3) is 0 Å². The number of ether oxygens (including phenoxy) is 1. The zero-order valence-corrected chi connectivity index (χ0v) is 18.5. The number of hydrogen-bond acceptors (Lipinski definition) is 4. The van der Waals surface area contributed by atoms with Crippen LogP contribution in [0.25, 0.3) is 0 Å². The van der Waals surface area contributed by atoms with Gasteiger partial charge in [-0.05, 0) is 66.5 Å². The zero-order valence-electron chi connectivity index (χ0n) is 18.5. The second kappa shape index (κ2) is 12.0. The molecule has 1 heterocycles. The van der Waals surface area contributed by atoms with Crippen LogP contribution in [-0.2, 0) is 16.0 Å². The summed E-state index contributed by atoms with van der Waals surface area (Å²) in [5.41, 5.74) is 2.60. The molecule has 0 unspecified atom stereocenters. The molecule has 1 rings (SSSR count). The van der Waals surface area contributed by atoms with Gasteiger partial charge >= 0.3 is 6.09 Å². The molecular weight excluding hydrogens is 366 g/mol. The third-order valence-corrected chi connectivity index (χ3v) is 3.96.